The summed E-state index contributed by atoms with van der Waals surface area (Å²) in [6, 6.07) is 4.78. The minimum absolute atomic E-state index is 0.106. The Hall–Kier alpha value is -1.36. The van der Waals surface area contributed by atoms with Crippen molar-refractivity contribution in [2.75, 3.05) is 0 Å². The summed E-state index contributed by atoms with van der Waals surface area (Å²) in [6.07, 6.45) is 0.993. The van der Waals surface area contributed by atoms with Gasteiger partial charge in [-0.1, -0.05) is 13.8 Å². The Morgan fingerprint density at radius 2 is 2.18 bits per heavy atom. The molecule has 0 saturated heterocycles. The maximum absolute atomic E-state index is 11.2. The molecule has 0 aliphatic heterocycles. The third kappa shape index (κ3) is 3.56. The van der Waals surface area contributed by atoms with Gasteiger partial charge in [-0.25, -0.2) is 0 Å². The number of hydrogen-bond donors (Lipinski definition) is 0. The van der Waals surface area contributed by atoms with E-state index in [9.17, 15) is 14.9 Å². The average Bonchev–Trinajstić information content (AvgIpc) is 2.28. The SMILES string of the molecule is CCC(C)Sc1ccc(C(C)=O)c([N+](=O)[O-])c1. The van der Waals surface area contributed by atoms with Gasteiger partial charge in [-0.15, -0.1) is 11.8 Å². The molecule has 0 aliphatic rings. The molecule has 5 heteroatoms. The highest BCUT2D eigenvalue weighted by Crippen LogP contribution is 2.30. The summed E-state index contributed by atoms with van der Waals surface area (Å²) in [6.45, 7) is 5.47. The van der Waals surface area contributed by atoms with Crippen LogP contribution >= 0.6 is 11.8 Å². The number of nitro groups is 1. The summed E-state index contributed by atoms with van der Waals surface area (Å²) < 4.78 is 0. The molecule has 0 N–H and O–H groups in total. The minimum atomic E-state index is -0.503. The van der Waals surface area contributed by atoms with E-state index in [2.05, 4.69) is 13.8 Å². The Labute approximate surface area is 105 Å². The number of Topliss-reactive ketones (excluding diaryl/α,β-unsaturated/α-hetero) is 1. The lowest BCUT2D eigenvalue weighted by Gasteiger charge is -2.08. The lowest BCUT2D eigenvalue weighted by atomic mass is 10.1. The third-order valence-electron chi connectivity index (χ3n) is 2.46. The standard InChI is InChI=1S/C12H15NO3S/c1-4-8(2)17-10-5-6-11(9(3)14)12(7-10)13(15)16/h5-8H,4H2,1-3H3. The first-order valence-corrected chi connectivity index (χ1v) is 6.29. The molecule has 0 heterocycles. The summed E-state index contributed by atoms with van der Waals surface area (Å²) in [4.78, 5) is 22.5. The molecule has 92 valence electrons. The van der Waals surface area contributed by atoms with E-state index in [1.54, 1.807) is 17.8 Å². The number of benzene rings is 1. The fraction of sp³-hybridized carbons (Fsp3) is 0.417. The van der Waals surface area contributed by atoms with Gasteiger partial charge in [-0.3, -0.25) is 14.9 Å². The topological polar surface area (TPSA) is 60.2 Å². The number of nitrogens with zero attached hydrogens (tertiary/aromatic N) is 1. The van der Waals surface area contributed by atoms with Crippen molar-refractivity contribution in [3.05, 3.63) is 33.9 Å². The van der Waals surface area contributed by atoms with Crippen molar-refractivity contribution in [2.45, 2.75) is 37.3 Å². The number of carbonyl (C=O) groups is 1. The Bertz CT molecular complexity index is 445. The average molecular weight is 253 g/mol. The van der Waals surface area contributed by atoms with Crippen LogP contribution in [0, 0.1) is 10.1 Å². The van der Waals surface area contributed by atoms with E-state index in [1.165, 1.54) is 19.1 Å². The van der Waals surface area contributed by atoms with Crippen molar-refractivity contribution in [3.63, 3.8) is 0 Å². The highest BCUT2D eigenvalue weighted by atomic mass is 32.2. The first kappa shape index (κ1) is 13.7. The smallest absolute Gasteiger partial charge is 0.281 e. The summed E-state index contributed by atoms with van der Waals surface area (Å²) in [5.74, 6) is -0.281. The zero-order valence-electron chi connectivity index (χ0n) is 10.1. The molecule has 1 atom stereocenters. The lowest BCUT2D eigenvalue weighted by Crippen LogP contribution is -2.01. The maximum atomic E-state index is 11.2. The predicted octanol–water partition coefficient (Wildman–Crippen LogP) is 3.69. The Kier molecular flexibility index (Phi) is 4.69. The van der Waals surface area contributed by atoms with Gasteiger partial charge in [0.05, 0.1) is 10.5 Å². The van der Waals surface area contributed by atoms with E-state index >= 15 is 0 Å². The Morgan fingerprint density at radius 3 is 2.65 bits per heavy atom. The number of ketones is 1. The van der Waals surface area contributed by atoms with Crippen LogP contribution in [0.1, 0.15) is 37.6 Å². The molecule has 0 fully saturated rings. The van der Waals surface area contributed by atoms with Crippen molar-refractivity contribution < 1.29 is 9.72 Å². The number of hydrogen-bond acceptors (Lipinski definition) is 4. The van der Waals surface area contributed by atoms with Crippen LogP contribution in [0.3, 0.4) is 0 Å². The molecule has 1 rings (SSSR count). The maximum Gasteiger partial charge on any atom is 0.281 e. The summed E-state index contributed by atoms with van der Waals surface area (Å²) >= 11 is 1.58. The second-order valence-electron chi connectivity index (χ2n) is 3.83. The summed E-state index contributed by atoms with van der Waals surface area (Å²) in [7, 11) is 0. The zero-order chi connectivity index (χ0) is 13.0. The predicted molar refractivity (Wildman–Crippen MR) is 68.7 cm³/mol. The largest absolute Gasteiger partial charge is 0.294 e. The van der Waals surface area contributed by atoms with E-state index < -0.39 is 4.92 Å². The molecule has 17 heavy (non-hydrogen) atoms. The van der Waals surface area contributed by atoms with Crippen LogP contribution in [0.2, 0.25) is 0 Å². The van der Waals surface area contributed by atoms with Crippen LogP contribution in [-0.2, 0) is 0 Å². The van der Waals surface area contributed by atoms with Crippen LogP contribution < -0.4 is 0 Å². The van der Waals surface area contributed by atoms with Gasteiger partial charge in [0.2, 0.25) is 0 Å². The van der Waals surface area contributed by atoms with Crippen LogP contribution in [0.25, 0.3) is 0 Å². The number of rotatable bonds is 5. The fourth-order valence-electron chi connectivity index (χ4n) is 1.35. The van der Waals surface area contributed by atoms with Crippen LogP contribution in [0.5, 0.6) is 0 Å². The molecule has 0 radical (unpaired) electrons. The quantitative estimate of drug-likeness (QED) is 0.347. The van der Waals surface area contributed by atoms with Crippen LogP contribution in [0.15, 0.2) is 23.1 Å². The van der Waals surface area contributed by atoms with Crippen molar-refractivity contribution in [2.24, 2.45) is 0 Å². The van der Waals surface area contributed by atoms with Crippen molar-refractivity contribution in [1.29, 1.82) is 0 Å². The molecular formula is C12H15NO3S. The van der Waals surface area contributed by atoms with Gasteiger partial charge >= 0.3 is 0 Å². The van der Waals surface area contributed by atoms with E-state index in [0.29, 0.717) is 5.25 Å². The number of thioether (sulfide) groups is 1. The monoisotopic (exact) mass is 253 g/mol. The molecular weight excluding hydrogens is 238 g/mol. The molecule has 1 aromatic rings. The molecule has 0 saturated carbocycles. The molecule has 0 bridgehead atoms. The second-order valence-corrected chi connectivity index (χ2v) is 5.34. The minimum Gasteiger partial charge on any atom is -0.294 e. The zero-order valence-corrected chi connectivity index (χ0v) is 10.9. The van der Waals surface area contributed by atoms with E-state index in [4.69, 9.17) is 0 Å². The van der Waals surface area contributed by atoms with Gasteiger partial charge in [-0.05, 0) is 25.5 Å². The van der Waals surface area contributed by atoms with E-state index in [0.717, 1.165) is 11.3 Å². The molecule has 1 unspecified atom stereocenters. The molecule has 0 amide bonds. The summed E-state index contributed by atoms with van der Waals surface area (Å²) in [5.41, 5.74) is 0.0642. The van der Waals surface area contributed by atoms with Gasteiger partial charge in [-0.2, -0.15) is 0 Å². The van der Waals surface area contributed by atoms with Gasteiger partial charge in [0.15, 0.2) is 5.78 Å². The molecule has 4 nitrogen and oxygen atoms in total. The molecule has 0 aliphatic carbocycles. The lowest BCUT2D eigenvalue weighted by molar-refractivity contribution is -0.385. The van der Waals surface area contributed by atoms with Gasteiger partial charge < -0.3 is 0 Å². The highest BCUT2D eigenvalue weighted by molar-refractivity contribution is 7.99. The van der Waals surface area contributed by atoms with E-state index in [-0.39, 0.29) is 17.0 Å². The normalized spacial score (nSPS) is 12.2. The van der Waals surface area contributed by atoms with Gasteiger partial charge in [0.1, 0.15) is 0 Å². The third-order valence-corrected chi connectivity index (χ3v) is 3.72. The number of carbonyl (C=O) groups excluding carboxylic acids is 1. The van der Waals surface area contributed by atoms with Gasteiger partial charge in [0, 0.05) is 16.2 Å². The molecule has 0 spiro atoms. The van der Waals surface area contributed by atoms with E-state index in [1.807, 2.05) is 0 Å². The van der Waals surface area contributed by atoms with Crippen molar-refractivity contribution in [3.8, 4) is 0 Å². The first-order valence-electron chi connectivity index (χ1n) is 5.41. The second kappa shape index (κ2) is 5.82. The Morgan fingerprint density at radius 1 is 1.53 bits per heavy atom. The fourth-order valence-corrected chi connectivity index (χ4v) is 2.31. The first-order chi connectivity index (χ1) is 7.95. The highest BCUT2D eigenvalue weighted by Gasteiger charge is 2.18. The number of nitro benzene ring substituents is 1. The molecule has 1 aromatic carbocycles. The molecule has 0 aromatic heterocycles. The summed E-state index contributed by atoms with van der Waals surface area (Å²) in [5, 5.41) is 11.3. The van der Waals surface area contributed by atoms with Crippen molar-refractivity contribution >= 4 is 23.2 Å². The van der Waals surface area contributed by atoms with Crippen LogP contribution in [0.4, 0.5) is 5.69 Å². The van der Waals surface area contributed by atoms with Crippen LogP contribution in [-0.4, -0.2) is 16.0 Å². The Balaban J connectivity index is 3.10. The van der Waals surface area contributed by atoms with Gasteiger partial charge in [0.25, 0.3) is 5.69 Å². The van der Waals surface area contributed by atoms with Crippen molar-refractivity contribution in [1.82, 2.24) is 0 Å².